The summed E-state index contributed by atoms with van der Waals surface area (Å²) in [4.78, 5) is 19.6. The van der Waals surface area contributed by atoms with Gasteiger partial charge in [-0.3, -0.25) is 0 Å². The van der Waals surface area contributed by atoms with Gasteiger partial charge in [-0.1, -0.05) is 26.3 Å². The fourth-order valence-electron chi connectivity index (χ4n) is 3.52. The van der Waals surface area contributed by atoms with Crippen molar-refractivity contribution in [1.82, 2.24) is 14.3 Å². The van der Waals surface area contributed by atoms with Gasteiger partial charge in [-0.25, -0.2) is 9.78 Å². The maximum atomic E-state index is 12.5. The molecule has 25 heavy (non-hydrogen) atoms. The van der Waals surface area contributed by atoms with Crippen LogP contribution in [-0.2, 0) is 11.2 Å². The van der Waals surface area contributed by atoms with E-state index in [1.807, 2.05) is 35.7 Å². The van der Waals surface area contributed by atoms with Gasteiger partial charge in [0.25, 0.3) is 0 Å². The van der Waals surface area contributed by atoms with Gasteiger partial charge in [0.2, 0.25) is 0 Å². The third-order valence-electron chi connectivity index (χ3n) is 5.12. The fourth-order valence-corrected chi connectivity index (χ4v) is 3.52. The van der Waals surface area contributed by atoms with Crippen LogP contribution in [0.1, 0.15) is 55.8 Å². The highest BCUT2D eigenvalue weighted by atomic mass is 16.5. The Kier molecular flexibility index (Phi) is 6.08. The zero-order chi connectivity index (χ0) is 17.6. The molecule has 0 unspecified atom stereocenters. The van der Waals surface area contributed by atoms with Gasteiger partial charge in [-0.15, -0.1) is 0 Å². The Morgan fingerprint density at radius 3 is 2.80 bits per heavy atom. The molecular weight excluding hydrogens is 314 g/mol. The van der Waals surface area contributed by atoms with Crippen LogP contribution in [0.5, 0.6) is 0 Å². The van der Waals surface area contributed by atoms with E-state index in [0.29, 0.717) is 18.2 Å². The number of fused-ring (bicyclic) bond motifs is 1. The van der Waals surface area contributed by atoms with Crippen molar-refractivity contribution >= 4 is 11.5 Å². The van der Waals surface area contributed by atoms with Crippen molar-refractivity contribution in [2.75, 3.05) is 26.2 Å². The summed E-state index contributed by atoms with van der Waals surface area (Å²) in [6, 6.07) is 5.81. The first kappa shape index (κ1) is 17.9. The summed E-state index contributed by atoms with van der Waals surface area (Å²) in [5.74, 6) is 1.07. The maximum absolute atomic E-state index is 12.5. The van der Waals surface area contributed by atoms with Crippen LogP contribution in [0.3, 0.4) is 0 Å². The molecule has 0 radical (unpaired) electrons. The second-order valence-corrected chi connectivity index (χ2v) is 6.92. The zero-order valence-electron chi connectivity index (χ0n) is 15.4. The van der Waals surface area contributed by atoms with E-state index in [0.717, 1.165) is 43.7 Å². The summed E-state index contributed by atoms with van der Waals surface area (Å²) in [5.41, 5.74) is 1.27. The van der Waals surface area contributed by atoms with Crippen molar-refractivity contribution in [3.8, 4) is 0 Å². The number of esters is 1. The summed E-state index contributed by atoms with van der Waals surface area (Å²) in [6.45, 7) is 8.22. The number of ether oxygens (including phenoxy) is 1. The summed E-state index contributed by atoms with van der Waals surface area (Å²) < 4.78 is 7.59. The Hall–Kier alpha value is -1.88. The normalized spacial score (nSPS) is 16.4. The lowest BCUT2D eigenvalue weighted by Crippen LogP contribution is -2.36. The van der Waals surface area contributed by atoms with Gasteiger partial charge in [0.05, 0.1) is 12.1 Å². The monoisotopic (exact) mass is 343 g/mol. The van der Waals surface area contributed by atoms with Crippen LogP contribution in [0.25, 0.3) is 5.52 Å². The van der Waals surface area contributed by atoms with Crippen LogP contribution in [0.2, 0.25) is 0 Å². The number of imidazole rings is 1. The maximum Gasteiger partial charge on any atom is 0.359 e. The molecule has 1 aliphatic heterocycles. The Labute approximate surface area is 150 Å². The minimum Gasteiger partial charge on any atom is -0.461 e. The van der Waals surface area contributed by atoms with E-state index in [9.17, 15) is 4.79 Å². The van der Waals surface area contributed by atoms with Crippen LogP contribution >= 0.6 is 0 Å². The number of piperidine rings is 1. The first-order valence-corrected chi connectivity index (χ1v) is 9.58. The molecule has 0 bridgehead atoms. The molecule has 0 spiro atoms. The minimum absolute atomic E-state index is 0.295. The highest BCUT2D eigenvalue weighted by molar-refractivity contribution is 5.95. The first-order chi connectivity index (χ1) is 12.2. The lowest BCUT2D eigenvalue weighted by atomic mass is 9.97. The van der Waals surface area contributed by atoms with Crippen molar-refractivity contribution in [3.63, 3.8) is 0 Å². The van der Waals surface area contributed by atoms with Crippen molar-refractivity contribution in [3.05, 3.63) is 35.9 Å². The molecule has 3 heterocycles. The van der Waals surface area contributed by atoms with Gasteiger partial charge in [-0.05, 0) is 56.9 Å². The standard InChI is InChI=1S/C20H29N3O2/c1-3-5-11-22-13-9-16(10-14-22)15-25-20(24)19-17-8-6-7-12-23(17)18(4-2)21-19/h6-8,12,16H,3-5,9-11,13-15H2,1-2H3. The second kappa shape index (κ2) is 8.48. The number of likely N-dealkylation sites (tertiary alicyclic amines) is 1. The summed E-state index contributed by atoms with van der Waals surface area (Å²) in [7, 11) is 0. The van der Waals surface area contributed by atoms with Crippen molar-refractivity contribution in [2.45, 2.75) is 46.0 Å². The molecule has 1 saturated heterocycles. The first-order valence-electron chi connectivity index (χ1n) is 9.58. The van der Waals surface area contributed by atoms with Gasteiger partial charge < -0.3 is 14.0 Å². The van der Waals surface area contributed by atoms with Crippen molar-refractivity contribution < 1.29 is 9.53 Å². The van der Waals surface area contributed by atoms with Crippen LogP contribution in [0.4, 0.5) is 0 Å². The molecule has 0 atom stereocenters. The topological polar surface area (TPSA) is 46.8 Å². The van der Waals surface area contributed by atoms with E-state index >= 15 is 0 Å². The number of carbonyl (C=O) groups is 1. The Bertz CT molecular complexity index is 702. The molecular formula is C20H29N3O2. The Balaban J connectivity index is 1.55. The molecule has 1 fully saturated rings. The molecule has 1 aliphatic rings. The number of aromatic nitrogens is 2. The van der Waals surface area contributed by atoms with E-state index in [4.69, 9.17) is 4.74 Å². The van der Waals surface area contributed by atoms with E-state index < -0.39 is 0 Å². The van der Waals surface area contributed by atoms with Crippen LogP contribution < -0.4 is 0 Å². The molecule has 0 N–H and O–H groups in total. The molecule has 5 nitrogen and oxygen atoms in total. The van der Waals surface area contributed by atoms with Crippen molar-refractivity contribution in [1.29, 1.82) is 0 Å². The molecule has 3 rings (SSSR count). The molecule has 136 valence electrons. The molecule has 2 aromatic rings. The lowest BCUT2D eigenvalue weighted by Gasteiger charge is -2.31. The quantitative estimate of drug-likeness (QED) is 0.721. The number of nitrogens with zero attached hydrogens (tertiary/aromatic N) is 3. The number of unbranched alkanes of at least 4 members (excludes halogenated alkanes) is 1. The fraction of sp³-hybridized carbons (Fsp3) is 0.600. The Morgan fingerprint density at radius 1 is 1.28 bits per heavy atom. The number of rotatable bonds is 7. The van der Waals surface area contributed by atoms with Crippen molar-refractivity contribution in [2.24, 2.45) is 5.92 Å². The summed E-state index contributed by atoms with van der Waals surface area (Å²) in [6.07, 6.45) is 7.48. The highest BCUT2D eigenvalue weighted by Crippen LogP contribution is 2.20. The van der Waals surface area contributed by atoms with Crippen LogP contribution in [-0.4, -0.2) is 46.5 Å². The highest BCUT2D eigenvalue weighted by Gasteiger charge is 2.22. The molecule has 0 aliphatic carbocycles. The lowest BCUT2D eigenvalue weighted by molar-refractivity contribution is 0.0368. The smallest absolute Gasteiger partial charge is 0.359 e. The van der Waals surface area contributed by atoms with E-state index in [1.54, 1.807) is 0 Å². The zero-order valence-corrected chi connectivity index (χ0v) is 15.4. The molecule has 0 aromatic carbocycles. The van der Waals surface area contributed by atoms with Crippen LogP contribution in [0.15, 0.2) is 24.4 Å². The number of hydrogen-bond donors (Lipinski definition) is 0. The molecule has 0 saturated carbocycles. The van der Waals surface area contributed by atoms with E-state index in [-0.39, 0.29) is 5.97 Å². The van der Waals surface area contributed by atoms with Gasteiger partial charge in [0.1, 0.15) is 5.82 Å². The number of pyridine rings is 1. The molecule has 2 aromatic heterocycles. The Morgan fingerprint density at radius 2 is 2.08 bits per heavy atom. The molecule has 5 heteroatoms. The van der Waals surface area contributed by atoms with Gasteiger partial charge in [0.15, 0.2) is 5.69 Å². The number of hydrogen-bond acceptors (Lipinski definition) is 4. The van der Waals surface area contributed by atoms with E-state index in [1.165, 1.54) is 19.4 Å². The predicted octanol–water partition coefficient (Wildman–Crippen LogP) is 3.57. The van der Waals surface area contributed by atoms with E-state index in [2.05, 4.69) is 16.8 Å². The third-order valence-corrected chi connectivity index (χ3v) is 5.12. The third kappa shape index (κ3) is 4.21. The average Bonchev–Trinajstić information content (AvgIpc) is 3.04. The summed E-state index contributed by atoms with van der Waals surface area (Å²) >= 11 is 0. The SMILES string of the molecule is CCCCN1CCC(COC(=O)c2nc(CC)n3ccccc23)CC1. The van der Waals surface area contributed by atoms with Gasteiger partial charge in [0, 0.05) is 12.6 Å². The summed E-state index contributed by atoms with van der Waals surface area (Å²) in [5, 5.41) is 0. The largest absolute Gasteiger partial charge is 0.461 e. The number of carbonyl (C=O) groups excluding carboxylic acids is 1. The minimum atomic E-state index is -0.295. The van der Waals surface area contributed by atoms with Gasteiger partial charge >= 0.3 is 5.97 Å². The van der Waals surface area contributed by atoms with Gasteiger partial charge in [-0.2, -0.15) is 0 Å². The number of aryl methyl sites for hydroxylation is 1. The molecule has 0 amide bonds. The average molecular weight is 343 g/mol. The second-order valence-electron chi connectivity index (χ2n) is 6.92. The predicted molar refractivity (Wildman–Crippen MR) is 98.9 cm³/mol. The van der Waals surface area contributed by atoms with Crippen LogP contribution in [0, 0.1) is 5.92 Å².